The van der Waals surface area contributed by atoms with Gasteiger partial charge in [-0.3, -0.25) is 4.79 Å². The summed E-state index contributed by atoms with van der Waals surface area (Å²) in [7, 11) is 1.70. The number of halogens is 1. The van der Waals surface area contributed by atoms with Crippen LogP contribution in [0, 0.1) is 0 Å². The predicted molar refractivity (Wildman–Crippen MR) is 63.6 cm³/mol. The number of nitrogens with zero attached hydrogens (tertiary/aromatic N) is 1. The largest absolute Gasteiger partial charge is 0.395 e. The molecule has 6 heteroatoms. The number of carbonyl (C=O) groups is 1. The maximum absolute atomic E-state index is 11.7. The third kappa shape index (κ3) is 2.63. The first-order chi connectivity index (χ1) is 7.49. The molecule has 1 aliphatic rings. The van der Waals surface area contributed by atoms with Gasteiger partial charge in [0.25, 0.3) is 5.91 Å². The lowest BCUT2D eigenvalue weighted by molar-refractivity contribution is -0.117. The van der Waals surface area contributed by atoms with Crippen molar-refractivity contribution in [1.29, 1.82) is 0 Å². The van der Waals surface area contributed by atoms with Crippen LogP contribution < -0.4 is 5.32 Å². The molecule has 0 saturated carbocycles. The van der Waals surface area contributed by atoms with Crippen molar-refractivity contribution in [1.82, 2.24) is 10.2 Å². The summed E-state index contributed by atoms with van der Waals surface area (Å²) in [6, 6.07) is 0. The molecule has 90 valence electrons. The molecule has 0 aliphatic carbocycles. The molecule has 0 aromatic rings. The van der Waals surface area contributed by atoms with E-state index in [-0.39, 0.29) is 19.1 Å². The molecule has 0 spiro atoms. The third-order valence-electron chi connectivity index (χ3n) is 2.46. The molecule has 0 bridgehead atoms. The number of aliphatic hydroxyl groups excluding tert-OH is 2. The van der Waals surface area contributed by atoms with E-state index in [1.807, 2.05) is 0 Å². The number of likely N-dealkylation sites (N-methyl/N-ethyl adjacent to an activating group) is 1. The van der Waals surface area contributed by atoms with Crippen LogP contribution in [0.1, 0.15) is 6.92 Å². The highest BCUT2D eigenvalue weighted by Crippen LogP contribution is 2.26. The second-order valence-corrected chi connectivity index (χ2v) is 4.41. The Labute approximate surface area is 103 Å². The van der Waals surface area contributed by atoms with E-state index in [9.17, 15) is 9.90 Å². The van der Waals surface area contributed by atoms with Gasteiger partial charge in [-0.05, 0) is 13.0 Å². The second kappa shape index (κ2) is 5.47. The first-order valence-corrected chi connectivity index (χ1v) is 5.66. The van der Waals surface area contributed by atoms with Crippen molar-refractivity contribution >= 4 is 21.8 Å². The SMILES string of the molecule is CC1=C(C(=O)NCCO)C=C(Br)C(O)N1C. The van der Waals surface area contributed by atoms with Gasteiger partial charge in [-0.15, -0.1) is 0 Å². The molecule has 0 radical (unpaired) electrons. The van der Waals surface area contributed by atoms with Crippen LogP contribution >= 0.6 is 15.9 Å². The van der Waals surface area contributed by atoms with Gasteiger partial charge in [-0.25, -0.2) is 0 Å². The molecular weight excluding hydrogens is 276 g/mol. The van der Waals surface area contributed by atoms with Gasteiger partial charge in [-0.1, -0.05) is 15.9 Å². The lowest BCUT2D eigenvalue weighted by Gasteiger charge is -2.31. The number of nitrogens with one attached hydrogen (secondary N) is 1. The highest BCUT2D eigenvalue weighted by Gasteiger charge is 2.25. The van der Waals surface area contributed by atoms with Crippen LogP contribution in [-0.2, 0) is 4.79 Å². The first kappa shape index (κ1) is 13.2. The monoisotopic (exact) mass is 290 g/mol. The zero-order valence-corrected chi connectivity index (χ0v) is 10.8. The molecule has 1 aliphatic heterocycles. The Balaban J connectivity index is 2.90. The van der Waals surface area contributed by atoms with Gasteiger partial charge < -0.3 is 20.4 Å². The third-order valence-corrected chi connectivity index (χ3v) is 3.09. The highest BCUT2D eigenvalue weighted by molar-refractivity contribution is 9.11. The topological polar surface area (TPSA) is 72.8 Å². The molecule has 1 amide bonds. The number of hydrogen-bond acceptors (Lipinski definition) is 4. The average Bonchev–Trinajstić information content (AvgIpc) is 2.28. The summed E-state index contributed by atoms with van der Waals surface area (Å²) in [6.07, 6.45) is 0.835. The maximum atomic E-state index is 11.7. The van der Waals surface area contributed by atoms with Gasteiger partial charge in [0.1, 0.15) is 0 Å². The number of rotatable bonds is 3. The highest BCUT2D eigenvalue weighted by atomic mass is 79.9. The van der Waals surface area contributed by atoms with Crippen LogP contribution in [-0.4, -0.2) is 47.4 Å². The molecule has 0 fully saturated rings. The fourth-order valence-electron chi connectivity index (χ4n) is 1.37. The Hall–Kier alpha value is -0.850. The minimum absolute atomic E-state index is 0.0958. The van der Waals surface area contributed by atoms with Crippen molar-refractivity contribution in [2.75, 3.05) is 20.2 Å². The molecule has 1 unspecified atom stereocenters. The van der Waals surface area contributed by atoms with E-state index in [1.165, 1.54) is 0 Å². The van der Waals surface area contributed by atoms with Crippen molar-refractivity contribution in [3.63, 3.8) is 0 Å². The molecule has 1 atom stereocenters. The average molecular weight is 291 g/mol. The zero-order valence-electron chi connectivity index (χ0n) is 9.20. The lowest BCUT2D eigenvalue weighted by Crippen LogP contribution is -2.37. The Morgan fingerprint density at radius 3 is 2.88 bits per heavy atom. The summed E-state index contributed by atoms with van der Waals surface area (Å²) in [5.41, 5.74) is 1.17. The van der Waals surface area contributed by atoms with Crippen LogP contribution in [0.25, 0.3) is 0 Å². The molecule has 1 rings (SSSR count). The standard InChI is InChI=1S/C10H15BrN2O3/c1-6-7(9(15)12-3-4-14)5-8(11)10(16)13(6)2/h5,10,14,16H,3-4H2,1-2H3,(H,12,15). The quantitative estimate of drug-likeness (QED) is 0.679. The van der Waals surface area contributed by atoms with Crippen LogP contribution in [0.5, 0.6) is 0 Å². The van der Waals surface area contributed by atoms with E-state index < -0.39 is 6.23 Å². The maximum Gasteiger partial charge on any atom is 0.253 e. The van der Waals surface area contributed by atoms with Crippen molar-refractivity contribution in [2.24, 2.45) is 0 Å². The van der Waals surface area contributed by atoms with E-state index >= 15 is 0 Å². The minimum Gasteiger partial charge on any atom is -0.395 e. The van der Waals surface area contributed by atoms with E-state index in [2.05, 4.69) is 21.2 Å². The fraction of sp³-hybridized carbons (Fsp3) is 0.500. The Morgan fingerprint density at radius 2 is 2.31 bits per heavy atom. The van der Waals surface area contributed by atoms with Gasteiger partial charge >= 0.3 is 0 Å². The molecule has 0 saturated heterocycles. The minimum atomic E-state index is -0.755. The number of carbonyl (C=O) groups excluding carboxylic acids is 1. The number of hydrogen-bond donors (Lipinski definition) is 3. The van der Waals surface area contributed by atoms with E-state index in [4.69, 9.17) is 5.11 Å². The summed E-state index contributed by atoms with van der Waals surface area (Å²) < 4.78 is 0.537. The van der Waals surface area contributed by atoms with E-state index in [1.54, 1.807) is 24.9 Å². The van der Waals surface area contributed by atoms with Crippen LogP contribution in [0.2, 0.25) is 0 Å². The summed E-state index contributed by atoms with van der Waals surface area (Å²) in [5.74, 6) is -0.262. The normalized spacial score (nSPS) is 20.9. The molecule has 1 heterocycles. The summed E-state index contributed by atoms with van der Waals surface area (Å²) in [5, 5.41) is 20.9. The molecular formula is C10H15BrN2O3. The van der Waals surface area contributed by atoms with Gasteiger partial charge in [0, 0.05) is 23.8 Å². The summed E-state index contributed by atoms with van der Waals surface area (Å²) in [4.78, 5) is 13.3. The van der Waals surface area contributed by atoms with Crippen molar-refractivity contribution in [3.05, 3.63) is 21.8 Å². The lowest BCUT2D eigenvalue weighted by atomic mass is 10.1. The van der Waals surface area contributed by atoms with E-state index in [0.29, 0.717) is 15.8 Å². The smallest absolute Gasteiger partial charge is 0.253 e. The predicted octanol–water partition coefficient (Wildman–Crippen LogP) is -0.0885. The zero-order chi connectivity index (χ0) is 12.3. The van der Waals surface area contributed by atoms with Gasteiger partial charge in [0.15, 0.2) is 6.23 Å². The summed E-state index contributed by atoms with van der Waals surface area (Å²) >= 11 is 3.20. The van der Waals surface area contributed by atoms with Crippen LogP contribution in [0.3, 0.4) is 0 Å². The Kier molecular flexibility index (Phi) is 4.52. The van der Waals surface area contributed by atoms with Gasteiger partial charge in [0.05, 0.1) is 12.2 Å². The molecule has 0 aromatic heterocycles. The van der Waals surface area contributed by atoms with Crippen molar-refractivity contribution in [2.45, 2.75) is 13.2 Å². The first-order valence-electron chi connectivity index (χ1n) is 4.87. The molecule has 0 aromatic carbocycles. The van der Waals surface area contributed by atoms with E-state index in [0.717, 1.165) is 0 Å². The van der Waals surface area contributed by atoms with Crippen LogP contribution in [0.4, 0.5) is 0 Å². The Bertz CT molecular complexity index is 352. The van der Waals surface area contributed by atoms with Crippen molar-refractivity contribution < 1.29 is 15.0 Å². The second-order valence-electron chi connectivity index (χ2n) is 3.49. The number of allylic oxidation sites excluding steroid dienone is 1. The van der Waals surface area contributed by atoms with Crippen molar-refractivity contribution in [3.8, 4) is 0 Å². The Morgan fingerprint density at radius 1 is 1.69 bits per heavy atom. The van der Waals surface area contributed by atoms with Crippen LogP contribution in [0.15, 0.2) is 21.8 Å². The molecule has 3 N–H and O–H groups in total. The van der Waals surface area contributed by atoms with Gasteiger partial charge in [-0.2, -0.15) is 0 Å². The number of amides is 1. The molecule has 5 nitrogen and oxygen atoms in total. The number of aliphatic hydroxyl groups is 2. The molecule has 16 heavy (non-hydrogen) atoms. The fourth-order valence-corrected chi connectivity index (χ4v) is 1.91. The van der Waals surface area contributed by atoms with Gasteiger partial charge in [0.2, 0.25) is 0 Å². The summed E-state index contributed by atoms with van der Waals surface area (Å²) in [6.45, 7) is 1.88.